The zero-order valence-electron chi connectivity index (χ0n) is 19.8. The van der Waals surface area contributed by atoms with E-state index in [-0.39, 0.29) is 41.7 Å². The average molecular weight is 467 g/mol. The highest BCUT2D eigenvalue weighted by Gasteiger charge is 2.51. The number of hydrogen-bond donors (Lipinski definition) is 1. The van der Waals surface area contributed by atoms with Gasteiger partial charge < -0.3 is 13.8 Å². The number of H-pyrrole nitrogens is 1. The van der Waals surface area contributed by atoms with Gasteiger partial charge in [-0.2, -0.15) is 5.26 Å². The van der Waals surface area contributed by atoms with Gasteiger partial charge in [-0.05, 0) is 47.0 Å². The lowest BCUT2D eigenvalue weighted by Crippen LogP contribution is -2.35. The van der Waals surface area contributed by atoms with Gasteiger partial charge in [-0.15, -0.1) is 0 Å². The van der Waals surface area contributed by atoms with Gasteiger partial charge in [0.25, 0.3) is 14.1 Å². The monoisotopic (exact) mass is 466 g/mol. The number of aromatic amines is 1. The average Bonchev–Trinajstić information content (AvgIpc) is 3.25. The predicted molar refractivity (Wildman–Crippen MR) is 122 cm³/mol. The van der Waals surface area contributed by atoms with Crippen LogP contribution in [0.4, 0.5) is 0 Å². The van der Waals surface area contributed by atoms with Crippen LogP contribution in [0.25, 0.3) is 0 Å². The van der Waals surface area contributed by atoms with Gasteiger partial charge in [-0.1, -0.05) is 6.92 Å². The highest BCUT2D eigenvalue weighted by atomic mass is 31.2. The second kappa shape index (κ2) is 10.6. The molecule has 0 amide bonds. The van der Waals surface area contributed by atoms with E-state index in [4.69, 9.17) is 19.0 Å². The van der Waals surface area contributed by atoms with Gasteiger partial charge in [0.1, 0.15) is 6.23 Å². The molecule has 6 atom stereocenters. The van der Waals surface area contributed by atoms with Crippen LogP contribution in [0.2, 0.25) is 0 Å². The van der Waals surface area contributed by atoms with E-state index in [9.17, 15) is 9.59 Å². The molecule has 1 aromatic rings. The van der Waals surface area contributed by atoms with Crippen molar-refractivity contribution < 1.29 is 13.8 Å². The lowest BCUT2D eigenvalue weighted by Gasteiger charge is -2.37. The van der Waals surface area contributed by atoms with Crippen LogP contribution in [0.5, 0.6) is 0 Å². The van der Waals surface area contributed by atoms with Crippen molar-refractivity contribution in [1.29, 1.82) is 5.26 Å². The number of ether oxygens (including phenoxy) is 1. The number of aryl methyl sites for hydroxylation is 1. The van der Waals surface area contributed by atoms with Gasteiger partial charge >= 0.3 is 5.69 Å². The molecule has 178 valence electrons. The Labute approximate surface area is 190 Å². The molecule has 2 fully saturated rings. The van der Waals surface area contributed by atoms with Crippen LogP contribution in [0, 0.1) is 30.1 Å². The maximum Gasteiger partial charge on any atom is 0.330 e. The maximum absolute atomic E-state index is 12.4. The third kappa shape index (κ3) is 5.32. The van der Waals surface area contributed by atoms with Crippen molar-refractivity contribution in [1.82, 2.24) is 14.2 Å². The molecular weight excluding hydrogens is 431 g/mol. The summed E-state index contributed by atoms with van der Waals surface area (Å²) in [6.07, 6.45) is 2.86. The quantitative estimate of drug-likeness (QED) is 0.438. The van der Waals surface area contributed by atoms with E-state index in [1.54, 1.807) is 13.1 Å². The third-order valence-electron chi connectivity index (χ3n) is 6.20. The van der Waals surface area contributed by atoms with Crippen molar-refractivity contribution in [3.8, 4) is 6.07 Å². The van der Waals surface area contributed by atoms with Gasteiger partial charge in [0.05, 0.1) is 31.3 Å². The van der Waals surface area contributed by atoms with Crippen molar-refractivity contribution in [2.75, 3.05) is 6.61 Å². The highest BCUT2D eigenvalue weighted by Crippen LogP contribution is 2.54. The summed E-state index contributed by atoms with van der Waals surface area (Å²) in [4.78, 5) is 26.5. The van der Waals surface area contributed by atoms with Crippen molar-refractivity contribution in [3.63, 3.8) is 0 Å². The largest absolute Gasteiger partial charge is 0.354 e. The van der Waals surface area contributed by atoms with E-state index in [2.05, 4.69) is 50.3 Å². The lowest BCUT2D eigenvalue weighted by atomic mass is 10.0. The van der Waals surface area contributed by atoms with E-state index in [1.165, 1.54) is 4.57 Å². The molecule has 0 aromatic carbocycles. The van der Waals surface area contributed by atoms with Crippen molar-refractivity contribution in [2.45, 2.75) is 91.3 Å². The number of nitriles is 1. The Bertz CT molecular complexity index is 931. The standard InChI is InChI=1S/C22H35N4O5P/c1-13(2)26(14(3)4)32(29-9-7-8-23)31-18-10-15(5)20-17(18)11-19(30-20)25-12-16(6)21(27)24-22(25)28/h12-15,17-20H,7,9-11H2,1-6H3,(H,24,27,28)/t15-,17+,18-,19-,20-,32?/m1/s1. The maximum atomic E-state index is 12.4. The molecule has 1 saturated carbocycles. The fraction of sp³-hybridized carbons (Fsp3) is 0.773. The van der Waals surface area contributed by atoms with Crippen LogP contribution in [0.3, 0.4) is 0 Å². The SMILES string of the molecule is Cc1cn([C@H]2C[C@@H]3[C@H](O2)[C@H](C)C[C@H]3OP(OCCC#N)N(C(C)C)C(C)C)c(=O)[nH]c1=O. The molecule has 10 heteroatoms. The van der Waals surface area contributed by atoms with Crippen molar-refractivity contribution >= 4 is 8.53 Å². The van der Waals surface area contributed by atoms with Crippen LogP contribution in [0.15, 0.2) is 15.8 Å². The molecule has 1 N–H and O–H groups in total. The smallest absolute Gasteiger partial charge is 0.330 e. The predicted octanol–water partition coefficient (Wildman–Crippen LogP) is 3.45. The van der Waals surface area contributed by atoms with E-state index >= 15 is 0 Å². The van der Waals surface area contributed by atoms with Crippen LogP contribution in [-0.2, 0) is 13.8 Å². The zero-order chi connectivity index (χ0) is 23.6. The van der Waals surface area contributed by atoms with E-state index in [0.29, 0.717) is 25.0 Å². The number of hydrogen-bond acceptors (Lipinski definition) is 7. The lowest BCUT2D eigenvalue weighted by molar-refractivity contribution is -0.0221. The summed E-state index contributed by atoms with van der Waals surface area (Å²) < 4.78 is 22.7. The first-order chi connectivity index (χ1) is 15.1. The molecule has 0 radical (unpaired) electrons. The Hall–Kier alpha value is -1.56. The molecule has 3 rings (SSSR count). The number of rotatable bonds is 9. The number of aromatic nitrogens is 2. The normalized spacial score (nSPS) is 28.4. The molecule has 1 aliphatic heterocycles. The summed E-state index contributed by atoms with van der Waals surface area (Å²) in [6, 6.07) is 2.59. The van der Waals surface area contributed by atoms with E-state index in [1.807, 2.05) is 0 Å². The molecule has 2 heterocycles. The molecule has 32 heavy (non-hydrogen) atoms. The number of nitrogens with zero attached hydrogens (tertiary/aromatic N) is 3. The summed E-state index contributed by atoms with van der Waals surface area (Å²) in [5.41, 5.74) is -0.352. The summed E-state index contributed by atoms with van der Waals surface area (Å²) in [5.74, 6) is 0.400. The van der Waals surface area contributed by atoms with Crippen molar-refractivity contribution in [3.05, 3.63) is 32.6 Å². The van der Waals surface area contributed by atoms with Gasteiger partial charge in [-0.3, -0.25) is 14.3 Å². The summed E-state index contributed by atoms with van der Waals surface area (Å²) in [7, 11) is -1.34. The minimum Gasteiger partial charge on any atom is -0.354 e. The first-order valence-corrected chi connectivity index (χ1v) is 12.5. The van der Waals surface area contributed by atoms with Gasteiger partial charge in [0.2, 0.25) is 0 Å². The summed E-state index contributed by atoms with van der Waals surface area (Å²) >= 11 is 0. The van der Waals surface area contributed by atoms with E-state index < -0.39 is 20.4 Å². The summed E-state index contributed by atoms with van der Waals surface area (Å²) in [5, 5.41) is 8.93. The molecule has 0 bridgehead atoms. The Morgan fingerprint density at radius 3 is 2.62 bits per heavy atom. The molecule has 2 aliphatic rings. The molecule has 1 unspecified atom stereocenters. The van der Waals surface area contributed by atoms with Gasteiger partial charge in [0, 0.05) is 36.2 Å². The topological polar surface area (TPSA) is 110 Å². The zero-order valence-corrected chi connectivity index (χ0v) is 20.7. The second-order valence-electron chi connectivity index (χ2n) is 9.34. The fourth-order valence-electron chi connectivity index (χ4n) is 4.81. The fourth-order valence-corrected chi connectivity index (χ4v) is 6.59. The molecular formula is C22H35N4O5P. The third-order valence-corrected chi connectivity index (χ3v) is 8.35. The first-order valence-electron chi connectivity index (χ1n) is 11.4. The summed E-state index contributed by atoms with van der Waals surface area (Å²) in [6.45, 7) is 12.6. The van der Waals surface area contributed by atoms with Crippen LogP contribution in [-0.4, -0.2) is 45.1 Å². The minimum atomic E-state index is -1.34. The van der Waals surface area contributed by atoms with Crippen LogP contribution < -0.4 is 11.2 Å². The van der Waals surface area contributed by atoms with Crippen LogP contribution in [0.1, 0.15) is 65.7 Å². The Balaban J connectivity index is 1.79. The number of nitrogens with one attached hydrogen (secondary N) is 1. The minimum absolute atomic E-state index is 0.0216. The Morgan fingerprint density at radius 1 is 1.31 bits per heavy atom. The molecule has 1 aromatic heterocycles. The molecule has 0 spiro atoms. The Kier molecular flexibility index (Phi) is 8.29. The second-order valence-corrected chi connectivity index (χ2v) is 10.7. The molecule has 1 saturated heterocycles. The van der Waals surface area contributed by atoms with Crippen LogP contribution >= 0.6 is 8.53 Å². The molecule has 1 aliphatic carbocycles. The van der Waals surface area contributed by atoms with Gasteiger partial charge in [0.15, 0.2) is 0 Å². The number of fused-ring (bicyclic) bond motifs is 1. The highest BCUT2D eigenvalue weighted by molar-refractivity contribution is 7.44. The van der Waals surface area contributed by atoms with E-state index in [0.717, 1.165) is 6.42 Å². The molecule has 9 nitrogen and oxygen atoms in total. The van der Waals surface area contributed by atoms with Gasteiger partial charge in [-0.25, -0.2) is 9.46 Å². The van der Waals surface area contributed by atoms with Crippen molar-refractivity contribution in [2.24, 2.45) is 11.8 Å². The Morgan fingerprint density at radius 2 is 2.00 bits per heavy atom. The first kappa shape index (κ1) is 25.1.